The lowest BCUT2D eigenvalue weighted by molar-refractivity contribution is 0.0696. The number of carbonyl (C=O) groups is 2. The van der Waals surface area contributed by atoms with Crippen LogP contribution in [0.3, 0.4) is 0 Å². The summed E-state index contributed by atoms with van der Waals surface area (Å²) in [6, 6.07) is 11.5. The van der Waals surface area contributed by atoms with Crippen LogP contribution in [0.2, 0.25) is 0 Å². The van der Waals surface area contributed by atoms with E-state index in [1.165, 1.54) is 6.07 Å². The van der Waals surface area contributed by atoms with Gasteiger partial charge in [0.15, 0.2) is 0 Å². The Morgan fingerprint density at radius 3 is 2.43 bits per heavy atom. The molecule has 0 aliphatic carbocycles. The highest BCUT2D eigenvalue weighted by molar-refractivity contribution is 9.10. The number of benzene rings is 2. The topological polar surface area (TPSA) is 78.4 Å². The lowest BCUT2D eigenvalue weighted by Crippen LogP contribution is -2.19. The lowest BCUT2D eigenvalue weighted by atomic mass is 10.1. The smallest absolute Gasteiger partial charge is 0.335 e. The second-order valence-electron chi connectivity index (χ2n) is 4.39. The van der Waals surface area contributed by atoms with Crippen molar-refractivity contribution < 1.29 is 14.7 Å². The summed E-state index contributed by atoms with van der Waals surface area (Å²) < 4.78 is 0.776. The van der Waals surface area contributed by atoms with Gasteiger partial charge in [0.1, 0.15) is 0 Å². The van der Waals surface area contributed by atoms with Crippen LogP contribution in [0.15, 0.2) is 46.9 Å². The fourth-order valence-corrected chi connectivity index (χ4v) is 2.21. The number of carboxylic acids is 1. The van der Waals surface area contributed by atoms with E-state index in [9.17, 15) is 9.59 Å². The Morgan fingerprint density at radius 1 is 1.10 bits per heavy atom. The van der Waals surface area contributed by atoms with Gasteiger partial charge in [0.25, 0.3) is 0 Å². The third-order valence-corrected chi connectivity index (χ3v) is 3.53. The molecule has 108 valence electrons. The molecule has 21 heavy (non-hydrogen) atoms. The molecule has 0 atom stereocenters. The van der Waals surface area contributed by atoms with Crippen molar-refractivity contribution in [3.8, 4) is 0 Å². The van der Waals surface area contributed by atoms with E-state index in [0.29, 0.717) is 16.9 Å². The minimum atomic E-state index is -0.989. The molecular weight excluding hydrogens is 336 g/mol. The fourth-order valence-electron chi connectivity index (χ4n) is 1.83. The molecule has 2 aromatic rings. The number of hydrogen-bond acceptors (Lipinski definition) is 2. The maximum atomic E-state index is 11.9. The maximum Gasteiger partial charge on any atom is 0.335 e. The van der Waals surface area contributed by atoms with Gasteiger partial charge in [0.05, 0.1) is 11.3 Å². The van der Waals surface area contributed by atoms with E-state index in [-0.39, 0.29) is 5.56 Å². The van der Waals surface area contributed by atoms with Gasteiger partial charge in [-0.3, -0.25) is 0 Å². The van der Waals surface area contributed by atoms with E-state index >= 15 is 0 Å². The van der Waals surface area contributed by atoms with Crippen molar-refractivity contribution in [2.45, 2.75) is 6.92 Å². The number of anilines is 2. The molecule has 0 saturated heterocycles. The van der Waals surface area contributed by atoms with Crippen LogP contribution >= 0.6 is 15.9 Å². The Labute approximate surface area is 130 Å². The van der Waals surface area contributed by atoms with Crippen molar-refractivity contribution in [2.24, 2.45) is 0 Å². The highest BCUT2D eigenvalue weighted by atomic mass is 79.9. The number of urea groups is 1. The van der Waals surface area contributed by atoms with Crippen LogP contribution in [0.5, 0.6) is 0 Å². The molecule has 5 nitrogen and oxygen atoms in total. The average molecular weight is 349 g/mol. The monoisotopic (exact) mass is 348 g/mol. The number of amides is 2. The van der Waals surface area contributed by atoms with Crippen molar-refractivity contribution in [2.75, 3.05) is 10.6 Å². The van der Waals surface area contributed by atoms with Gasteiger partial charge in [-0.15, -0.1) is 0 Å². The summed E-state index contributed by atoms with van der Waals surface area (Å²) in [4.78, 5) is 22.8. The van der Waals surface area contributed by atoms with Gasteiger partial charge in [-0.05, 0) is 58.7 Å². The summed E-state index contributed by atoms with van der Waals surface area (Å²) in [7, 11) is 0. The van der Waals surface area contributed by atoms with Crippen molar-refractivity contribution in [3.63, 3.8) is 0 Å². The van der Waals surface area contributed by atoms with Crippen LogP contribution in [0.4, 0.5) is 16.2 Å². The first-order valence-electron chi connectivity index (χ1n) is 6.14. The van der Waals surface area contributed by atoms with Crippen molar-refractivity contribution in [3.05, 3.63) is 58.1 Å². The fraction of sp³-hybridized carbons (Fsp3) is 0.0667. The summed E-state index contributed by atoms with van der Waals surface area (Å²) >= 11 is 3.34. The molecule has 0 unspecified atom stereocenters. The van der Waals surface area contributed by atoms with E-state index in [1.54, 1.807) is 25.1 Å². The number of nitrogens with one attached hydrogen (secondary N) is 2. The predicted molar refractivity (Wildman–Crippen MR) is 84.9 cm³/mol. The summed E-state index contributed by atoms with van der Waals surface area (Å²) in [6.45, 7) is 1.68. The average Bonchev–Trinajstić information content (AvgIpc) is 2.41. The van der Waals surface area contributed by atoms with E-state index in [0.717, 1.165) is 4.47 Å². The number of rotatable bonds is 3. The third kappa shape index (κ3) is 3.82. The first-order chi connectivity index (χ1) is 9.97. The molecule has 2 rings (SSSR count). The van der Waals surface area contributed by atoms with E-state index < -0.39 is 12.0 Å². The van der Waals surface area contributed by atoms with Gasteiger partial charge in [0.2, 0.25) is 0 Å². The van der Waals surface area contributed by atoms with Crippen LogP contribution in [0.25, 0.3) is 0 Å². The Balaban J connectivity index is 2.08. The molecule has 3 N–H and O–H groups in total. The Kier molecular flexibility index (Phi) is 4.59. The Bertz CT molecular complexity index is 701. The van der Waals surface area contributed by atoms with Crippen LogP contribution in [-0.4, -0.2) is 17.1 Å². The van der Waals surface area contributed by atoms with Crippen LogP contribution < -0.4 is 10.6 Å². The zero-order valence-corrected chi connectivity index (χ0v) is 12.8. The molecular formula is C15H13BrN2O3. The van der Waals surface area contributed by atoms with Crippen LogP contribution in [0.1, 0.15) is 15.9 Å². The molecule has 2 aromatic carbocycles. The first kappa shape index (κ1) is 15.1. The minimum absolute atomic E-state index is 0.215. The zero-order valence-electron chi connectivity index (χ0n) is 11.2. The first-order valence-corrected chi connectivity index (χ1v) is 6.93. The Morgan fingerprint density at radius 2 is 1.81 bits per heavy atom. The summed E-state index contributed by atoms with van der Waals surface area (Å²) in [5, 5.41) is 14.3. The molecule has 2 amide bonds. The summed E-state index contributed by atoms with van der Waals surface area (Å²) in [5.41, 5.74) is 1.98. The van der Waals surface area contributed by atoms with Gasteiger partial charge < -0.3 is 15.7 Å². The summed E-state index contributed by atoms with van der Waals surface area (Å²) in [6.07, 6.45) is 0. The number of hydrogen-bond donors (Lipinski definition) is 3. The molecule has 0 aliphatic rings. The van der Waals surface area contributed by atoms with Gasteiger partial charge in [-0.1, -0.05) is 12.1 Å². The minimum Gasteiger partial charge on any atom is -0.478 e. The van der Waals surface area contributed by atoms with E-state index in [4.69, 9.17) is 5.11 Å². The summed E-state index contributed by atoms with van der Waals surface area (Å²) in [5.74, 6) is -0.989. The molecule has 0 fully saturated rings. The number of para-hydroxylation sites is 1. The highest BCUT2D eigenvalue weighted by Gasteiger charge is 2.09. The van der Waals surface area contributed by atoms with E-state index in [1.807, 2.05) is 18.2 Å². The molecule has 0 aliphatic heterocycles. The van der Waals surface area contributed by atoms with Gasteiger partial charge >= 0.3 is 12.0 Å². The lowest BCUT2D eigenvalue weighted by Gasteiger charge is -2.10. The molecule has 0 aromatic heterocycles. The number of halogens is 1. The number of carbonyl (C=O) groups excluding carboxylic acids is 1. The molecule has 6 heteroatoms. The molecule has 0 radical (unpaired) electrons. The molecule has 0 saturated carbocycles. The molecule has 0 spiro atoms. The molecule has 0 heterocycles. The van der Waals surface area contributed by atoms with Crippen LogP contribution in [0, 0.1) is 6.92 Å². The van der Waals surface area contributed by atoms with Crippen LogP contribution in [-0.2, 0) is 0 Å². The predicted octanol–water partition coefficient (Wildman–Crippen LogP) is 4.10. The quantitative estimate of drug-likeness (QED) is 0.781. The second kappa shape index (κ2) is 6.41. The van der Waals surface area contributed by atoms with Crippen molar-refractivity contribution in [1.82, 2.24) is 0 Å². The normalized spacial score (nSPS) is 10.0. The maximum absolute atomic E-state index is 11.9. The third-order valence-electron chi connectivity index (χ3n) is 2.84. The second-order valence-corrected chi connectivity index (χ2v) is 5.25. The highest BCUT2D eigenvalue weighted by Crippen LogP contribution is 2.21. The number of aryl methyl sites for hydroxylation is 1. The molecule has 0 bridgehead atoms. The van der Waals surface area contributed by atoms with Gasteiger partial charge in [0, 0.05) is 10.2 Å². The van der Waals surface area contributed by atoms with Gasteiger partial charge in [-0.25, -0.2) is 9.59 Å². The van der Waals surface area contributed by atoms with E-state index in [2.05, 4.69) is 26.6 Å². The van der Waals surface area contributed by atoms with Crippen molar-refractivity contribution in [1.29, 1.82) is 0 Å². The standard InChI is InChI=1S/C15H13BrN2O3/c1-9-8-10(6-7-11(9)14(19)20)17-15(21)18-13-5-3-2-4-12(13)16/h2-8H,1H3,(H,19,20)(H2,17,18,21). The van der Waals surface area contributed by atoms with Gasteiger partial charge in [-0.2, -0.15) is 0 Å². The largest absolute Gasteiger partial charge is 0.478 e. The van der Waals surface area contributed by atoms with Crippen molar-refractivity contribution >= 4 is 39.3 Å². The Hall–Kier alpha value is -2.34. The SMILES string of the molecule is Cc1cc(NC(=O)Nc2ccccc2Br)ccc1C(=O)O. The zero-order chi connectivity index (χ0) is 15.4. The number of carboxylic acid groups (broad SMARTS) is 1. The number of aromatic carboxylic acids is 1.